The third kappa shape index (κ3) is 3.47. The first-order valence-electron chi connectivity index (χ1n) is 6.22. The highest BCUT2D eigenvalue weighted by atomic mass is 79.9. The number of halogens is 1. The van der Waals surface area contributed by atoms with Crippen LogP contribution in [0, 0.1) is 10.1 Å². The Balaban J connectivity index is 2.45. The average molecular weight is 352 g/mol. The lowest BCUT2D eigenvalue weighted by Gasteiger charge is -2.12. The SMILES string of the molecule is CCc1cc(Br)ccc1Nc1nc(NN)ccc1[N+](=O)[O-]. The summed E-state index contributed by atoms with van der Waals surface area (Å²) in [7, 11) is 0. The number of pyridine rings is 1. The minimum absolute atomic E-state index is 0.112. The number of anilines is 3. The number of rotatable bonds is 5. The fourth-order valence-electron chi connectivity index (χ4n) is 1.88. The Morgan fingerprint density at radius 2 is 2.14 bits per heavy atom. The van der Waals surface area contributed by atoms with Gasteiger partial charge in [0.15, 0.2) is 0 Å². The summed E-state index contributed by atoms with van der Waals surface area (Å²) in [5, 5.41) is 14.1. The van der Waals surface area contributed by atoms with Gasteiger partial charge in [-0.25, -0.2) is 10.8 Å². The van der Waals surface area contributed by atoms with Crippen molar-refractivity contribution in [2.75, 3.05) is 10.7 Å². The number of aromatic nitrogens is 1. The van der Waals surface area contributed by atoms with Crippen molar-refractivity contribution in [3.05, 3.63) is 50.5 Å². The number of nitro groups is 1. The molecule has 0 bridgehead atoms. The first-order chi connectivity index (χ1) is 10.0. The largest absolute Gasteiger partial charge is 0.334 e. The molecule has 0 fully saturated rings. The topological polar surface area (TPSA) is 106 Å². The van der Waals surface area contributed by atoms with Crippen molar-refractivity contribution in [3.63, 3.8) is 0 Å². The Morgan fingerprint density at radius 1 is 1.38 bits per heavy atom. The van der Waals surface area contributed by atoms with Crippen LogP contribution in [-0.4, -0.2) is 9.91 Å². The zero-order valence-corrected chi connectivity index (χ0v) is 12.8. The third-order valence-electron chi connectivity index (χ3n) is 2.92. The fraction of sp³-hybridized carbons (Fsp3) is 0.154. The van der Waals surface area contributed by atoms with Gasteiger partial charge in [0.1, 0.15) is 5.82 Å². The molecule has 0 amide bonds. The number of aryl methyl sites for hydroxylation is 1. The van der Waals surface area contributed by atoms with Gasteiger partial charge < -0.3 is 10.7 Å². The van der Waals surface area contributed by atoms with Crippen LogP contribution in [-0.2, 0) is 6.42 Å². The fourth-order valence-corrected chi connectivity index (χ4v) is 2.28. The summed E-state index contributed by atoms with van der Waals surface area (Å²) < 4.78 is 0.949. The van der Waals surface area contributed by atoms with E-state index in [-0.39, 0.29) is 11.5 Å². The summed E-state index contributed by atoms with van der Waals surface area (Å²) >= 11 is 3.40. The van der Waals surface area contributed by atoms with Gasteiger partial charge >= 0.3 is 5.69 Å². The van der Waals surface area contributed by atoms with E-state index >= 15 is 0 Å². The molecule has 1 aromatic carbocycles. The maximum Gasteiger partial charge on any atom is 0.311 e. The van der Waals surface area contributed by atoms with E-state index in [1.54, 1.807) is 0 Å². The summed E-state index contributed by atoms with van der Waals surface area (Å²) in [6.07, 6.45) is 0.782. The molecular weight excluding hydrogens is 338 g/mol. The summed E-state index contributed by atoms with van der Waals surface area (Å²) in [5.41, 5.74) is 4.05. The van der Waals surface area contributed by atoms with Crippen molar-refractivity contribution in [2.45, 2.75) is 13.3 Å². The molecule has 0 spiro atoms. The monoisotopic (exact) mass is 351 g/mol. The summed E-state index contributed by atoms with van der Waals surface area (Å²) in [6.45, 7) is 2.01. The lowest BCUT2D eigenvalue weighted by atomic mass is 10.1. The molecule has 110 valence electrons. The van der Waals surface area contributed by atoms with E-state index in [4.69, 9.17) is 5.84 Å². The van der Waals surface area contributed by atoms with E-state index in [9.17, 15) is 10.1 Å². The van der Waals surface area contributed by atoms with E-state index < -0.39 is 4.92 Å². The number of hydrogen-bond donors (Lipinski definition) is 3. The molecule has 1 heterocycles. The van der Waals surface area contributed by atoms with Gasteiger partial charge in [0, 0.05) is 16.2 Å². The van der Waals surface area contributed by atoms with Crippen LogP contribution in [0.25, 0.3) is 0 Å². The zero-order valence-electron chi connectivity index (χ0n) is 11.3. The van der Waals surface area contributed by atoms with Crippen LogP contribution in [0.4, 0.5) is 23.0 Å². The normalized spacial score (nSPS) is 10.2. The second-order valence-electron chi connectivity index (χ2n) is 4.25. The van der Waals surface area contributed by atoms with E-state index in [2.05, 4.69) is 31.7 Å². The lowest BCUT2D eigenvalue weighted by Crippen LogP contribution is -2.10. The van der Waals surface area contributed by atoms with Gasteiger partial charge in [0.05, 0.1) is 4.92 Å². The number of nitrogens with two attached hydrogens (primary N) is 1. The predicted octanol–water partition coefficient (Wildman–Crippen LogP) is 3.34. The maximum absolute atomic E-state index is 11.1. The van der Waals surface area contributed by atoms with Crippen LogP contribution < -0.4 is 16.6 Å². The van der Waals surface area contributed by atoms with E-state index in [1.165, 1.54) is 12.1 Å². The third-order valence-corrected chi connectivity index (χ3v) is 3.41. The molecule has 0 atom stereocenters. The Morgan fingerprint density at radius 3 is 2.76 bits per heavy atom. The van der Waals surface area contributed by atoms with Gasteiger partial charge in [0.25, 0.3) is 0 Å². The first kappa shape index (κ1) is 15.2. The Hall–Kier alpha value is -2.19. The minimum atomic E-state index is -0.486. The minimum Gasteiger partial charge on any atom is -0.334 e. The molecular formula is C13H14BrN5O2. The molecule has 0 aliphatic heterocycles. The molecule has 2 rings (SSSR count). The second-order valence-corrected chi connectivity index (χ2v) is 5.16. The smallest absolute Gasteiger partial charge is 0.311 e. The van der Waals surface area contributed by atoms with Crippen LogP contribution in [0.3, 0.4) is 0 Å². The number of benzene rings is 1. The molecule has 7 nitrogen and oxygen atoms in total. The van der Waals surface area contributed by atoms with Gasteiger partial charge in [-0.2, -0.15) is 0 Å². The molecule has 0 unspecified atom stereocenters. The number of nitrogens with one attached hydrogen (secondary N) is 2. The molecule has 0 aliphatic rings. The lowest BCUT2D eigenvalue weighted by molar-refractivity contribution is -0.384. The van der Waals surface area contributed by atoms with Crippen LogP contribution in [0.15, 0.2) is 34.8 Å². The van der Waals surface area contributed by atoms with Crippen molar-refractivity contribution in [1.82, 2.24) is 4.98 Å². The highest BCUT2D eigenvalue weighted by molar-refractivity contribution is 9.10. The summed E-state index contributed by atoms with van der Waals surface area (Å²) in [6, 6.07) is 8.47. The first-order valence-corrected chi connectivity index (χ1v) is 7.02. The molecule has 2 aromatic rings. The number of nitrogens with zero attached hydrogens (tertiary/aromatic N) is 2. The van der Waals surface area contributed by atoms with Crippen LogP contribution in [0.5, 0.6) is 0 Å². The van der Waals surface area contributed by atoms with Gasteiger partial charge in [-0.3, -0.25) is 10.1 Å². The average Bonchev–Trinajstić information content (AvgIpc) is 2.48. The van der Waals surface area contributed by atoms with Crippen LogP contribution in [0.2, 0.25) is 0 Å². The highest BCUT2D eigenvalue weighted by Gasteiger charge is 2.17. The zero-order chi connectivity index (χ0) is 15.4. The number of hydrogen-bond acceptors (Lipinski definition) is 6. The number of nitrogen functional groups attached to an aromatic ring is 1. The van der Waals surface area contributed by atoms with Crippen molar-refractivity contribution in [2.24, 2.45) is 5.84 Å². The molecule has 8 heteroatoms. The van der Waals surface area contributed by atoms with Gasteiger partial charge in [-0.1, -0.05) is 22.9 Å². The van der Waals surface area contributed by atoms with Gasteiger partial charge in [-0.15, -0.1) is 0 Å². The molecule has 21 heavy (non-hydrogen) atoms. The molecule has 0 aliphatic carbocycles. The Kier molecular flexibility index (Phi) is 4.71. The van der Waals surface area contributed by atoms with Gasteiger partial charge in [0.2, 0.25) is 5.82 Å². The van der Waals surface area contributed by atoms with Crippen molar-refractivity contribution >= 4 is 38.9 Å². The number of hydrazine groups is 1. The van der Waals surface area contributed by atoms with Gasteiger partial charge in [-0.05, 0) is 36.2 Å². The summed E-state index contributed by atoms with van der Waals surface area (Å²) in [4.78, 5) is 14.7. The van der Waals surface area contributed by atoms with Crippen molar-refractivity contribution in [1.29, 1.82) is 0 Å². The van der Waals surface area contributed by atoms with E-state index in [1.807, 2.05) is 25.1 Å². The highest BCUT2D eigenvalue weighted by Crippen LogP contribution is 2.30. The Bertz CT molecular complexity index is 678. The van der Waals surface area contributed by atoms with Crippen molar-refractivity contribution < 1.29 is 4.92 Å². The van der Waals surface area contributed by atoms with Crippen LogP contribution >= 0.6 is 15.9 Å². The molecule has 4 N–H and O–H groups in total. The van der Waals surface area contributed by atoms with E-state index in [0.717, 1.165) is 22.1 Å². The molecule has 0 saturated carbocycles. The standard InChI is InChI=1S/C13H14BrN5O2/c1-2-8-7-9(14)3-4-10(8)16-13-11(19(20)21)5-6-12(17-13)18-15/h3-7H,2,15H2,1H3,(H2,16,17,18). The molecule has 0 saturated heterocycles. The molecule has 1 aromatic heterocycles. The summed E-state index contributed by atoms with van der Waals surface area (Å²) in [5.74, 6) is 5.79. The van der Waals surface area contributed by atoms with Crippen molar-refractivity contribution in [3.8, 4) is 0 Å². The predicted molar refractivity (Wildman–Crippen MR) is 85.5 cm³/mol. The van der Waals surface area contributed by atoms with Crippen LogP contribution in [0.1, 0.15) is 12.5 Å². The van der Waals surface area contributed by atoms with E-state index in [0.29, 0.717) is 5.82 Å². The maximum atomic E-state index is 11.1. The second kappa shape index (κ2) is 6.51. The quantitative estimate of drug-likeness (QED) is 0.433. The Labute approximate surface area is 129 Å². The molecule has 0 radical (unpaired) electrons.